The first kappa shape index (κ1) is 16.0. The number of nitrogens with one attached hydrogen (secondary N) is 2. The minimum absolute atomic E-state index is 0.168. The lowest BCUT2D eigenvalue weighted by molar-refractivity contribution is -0.119. The van der Waals surface area contributed by atoms with Crippen molar-refractivity contribution in [2.45, 2.75) is 26.8 Å². The van der Waals surface area contributed by atoms with Gasteiger partial charge in [0.05, 0.1) is 18.7 Å². The molecule has 0 spiro atoms. The smallest absolute Gasteiger partial charge is 0.228 e. The van der Waals surface area contributed by atoms with Crippen molar-refractivity contribution in [1.82, 2.24) is 0 Å². The van der Waals surface area contributed by atoms with Crippen LogP contribution >= 0.6 is 0 Å². The highest BCUT2D eigenvalue weighted by atomic mass is 16.5. The first-order valence-electron chi connectivity index (χ1n) is 6.37. The molecule has 0 aliphatic carbocycles. The van der Waals surface area contributed by atoms with Crippen LogP contribution in [0.5, 0.6) is 5.75 Å². The zero-order valence-electron chi connectivity index (χ0n) is 12.2. The van der Waals surface area contributed by atoms with Gasteiger partial charge in [-0.3, -0.25) is 9.59 Å². The van der Waals surface area contributed by atoms with Crippen LogP contribution in [0.2, 0.25) is 0 Å². The summed E-state index contributed by atoms with van der Waals surface area (Å²) in [5.41, 5.74) is 6.78. The predicted octanol–water partition coefficient (Wildman–Crippen LogP) is 1.58. The number of carbonyl (C=O) groups is 2. The molecular formula is C14H21N3O3. The summed E-state index contributed by atoms with van der Waals surface area (Å²) in [6.07, 6.45) is 0. The van der Waals surface area contributed by atoms with E-state index in [2.05, 4.69) is 10.6 Å². The average Bonchev–Trinajstić information content (AvgIpc) is 2.37. The van der Waals surface area contributed by atoms with Gasteiger partial charge in [0.1, 0.15) is 5.75 Å². The molecular weight excluding hydrogens is 258 g/mol. The lowest BCUT2D eigenvalue weighted by Crippen LogP contribution is -2.34. The maximum atomic E-state index is 11.9. The van der Waals surface area contributed by atoms with Crippen LogP contribution in [-0.4, -0.2) is 25.0 Å². The lowest BCUT2D eigenvalue weighted by Gasteiger charge is -2.16. The summed E-state index contributed by atoms with van der Waals surface area (Å²) in [6, 6.07) is 4.79. The third-order valence-electron chi connectivity index (χ3n) is 2.98. The summed E-state index contributed by atoms with van der Waals surface area (Å²) in [4.78, 5) is 23.1. The van der Waals surface area contributed by atoms with Crippen LogP contribution in [0.15, 0.2) is 18.2 Å². The van der Waals surface area contributed by atoms with Crippen molar-refractivity contribution < 1.29 is 14.3 Å². The highest BCUT2D eigenvalue weighted by Gasteiger charge is 2.17. The molecule has 0 aliphatic heterocycles. The van der Waals surface area contributed by atoms with Crippen molar-refractivity contribution in [3.63, 3.8) is 0 Å². The standard InChI is InChI=1S/C14H21N3O3/c1-8(9(2)15)14(19)17-11-5-6-13(20-4)12(7-11)16-10(3)18/h5-9H,15H2,1-4H3,(H,16,18)(H,17,19). The molecule has 0 saturated carbocycles. The van der Waals surface area contributed by atoms with Gasteiger partial charge in [0.15, 0.2) is 0 Å². The Morgan fingerprint density at radius 3 is 2.40 bits per heavy atom. The Morgan fingerprint density at radius 2 is 1.90 bits per heavy atom. The number of methoxy groups -OCH3 is 1. The number of carbonyl (C=O) groups excluding carboxylic acids is 2. The van der Waals surface area contributed by atoms with E-state index in [0.717, 1.165) is 0 Å². The van der Waals surface area contributed by atoms with Gasteiger partial charge in [-0.15, -0.1) is 0 Å². The second kappa shape index (κ2) is 6.91. The fourth-order valence-electron chi connectivity index (χ4n) is 1.57. The van der Waals surface area contributed by atoms with Gasteiger partial charge in [-0.1, -0.05) is 6.92 Å². The molecule has 1 aromatic carbocycles. The number of hydrogen-bond acceptors (Lipinski definition) is 4. The van der Waals surface area contributed by atoms with E-state index >= 15 is 0 Å². The average molecular weight is 279 g/mol. The summed E-state index contributed by atoms with van der Waals surface area (Å²) in [5.74, 6) is -0.158. The fraction of sp³-hybridized carbons (Fsp3) is 0.429. The number of anilines is 2. The van der Waals surface area contributed by atoms with E-state index in [1.165, 1.54) is 14.0 Å². The van der Waals surface area contributed by atoms with Gasteiger partial charge in [-0.25, -0.2) is 0 Å². The Kier molecular flexibility index (Phi) is 5.52. The fourth-order valence-corrected chi connectivity index (χ4v) is 1.57. The van der Waals surface area contributed by atoms with Crippen LogP contribution in [0, 0.1) is 5.92 Å². The normalized spacial score (nSPS) is 13.2. The molecule has 2 amide bonds. The van der Waals surface area contributed by atoms with Crippen LogP contribution in [0.25, 0.3) is 0 Å². The molecule has 2 atom stereocenters. The highest BCUT2D eigenvalue weighted by Crippen LogP contribution is 2.28. The molecule has 0 aromatic heterocycles. The van der Waals surface area contributed by atoms with Gasteiger partial charge >= 0.3 is 0 Å². The Balaban J connectivity index is 2.91. The highest BCUT2D eigenvalue weighted by molar-refractivity contribution is 5.95. The Bertz CT molecular complexity index is 500. The summed E-state index contributed by atoms with van der Waals surface area (Å²) < 4.78 is 5.14. The molecule has 20 heavy (non-hydrogen) atoms. The van der Waals surface area contributed by atoms with Crippen molar-refractivity contribution in [3.8, 4) is 5.75 Å². The minimum Gasteiger partial charge on any atom is -0.495 e. The molecule has 6 heteroatoms. The molecule has 0 radical (unpaired) electrons. The van der Waals surface area contributed by atoms with E-state index in [9.17, 15) is 9.59 Å². The van der Waals surface area contributed by atoms with Gasteiger partial charge in [0, 0.05) is 18.7 Å². The van der Waals surface area contributed by atoms with Gasteiger partial charge in [-0.05, 0) is 25.1 Å². The van der Waals surface area contributed by atoms with Gasteiger partial charge < -0.3 is 21.1 Å². The largest absolute Gasteiger partial charge is 0.495 e. The quantitative estimate of drug-likeness (QED) is 0.762. The Morgan fingerprint density at radius 1 is 1.25 bits per heavy atom. The first-order chi connectivity index (χ1) is 9.35. The van der Waals surface area contributed by atoms with Crippen LogP contribution < -0.4 is 21.1 Å². The van der Waals surface area contributed by atoms with Crippen molar-refractivity contribution in [2.75, 3.05) is 17.7 Å². The summed E-state index contributed by atoms with van der Waals surface area (Å²) in [5, 5.41) is 5.41. The van der Waals surface area contributed by atoms with Crippen molar-refractivity contribution >= 4 is 23.2 Å². The summed E-state index contributed by atoms with van der Waals surface area (Å²) in [7, 11) is 1.51. The Hall–Kier alpha value is -2.08. The van der Waals surface area contributed by atoms with Crippen molar-refractivity contribution in [3.05, 3.63) is 18.2 Å². The maximum Gasteiger partial charge on any atom is 0.228 e. The van der Waals surface area contributed by atoms with Crippen LogP contribution in [0.1, 0.15) is 20.8 Å². The van der Waals surface area contributed by atoms with Crippen LogP contribution in [-0.2, 0) is 9.59 Å². The van der Waals surface area contributed by atoms with Gasteiger partial charge in [0.25, 0.3) is 0 Å². The van der Waals surface area contributed by atoms with Crippen LogP contribution in [0.3, 0.4) is 0 Å². The van der Waals surface area contributed by atoms with Crippen LogP contribution in [0.4, 0.5) is 11.4 Å². The molecule has 6 nitrogen and oxygen atoms in total. The van der Waals surface area contributed by atoms with Crippen molar-refractivity contribution in [2.24, 2.45) is 11.7 Å². The number of ether oxygens (including phenoxy) is 1. The molecule has 0 heterocycles. The SMILES string of the molecule is COc1ccc(NC(=O)C(C)C(C)N)cc1NC(C)=O. The molecule has 0 aliphatic rings. The van der Waals surface area contributed by atoms with E-state index < -0.39 is 0 Å². The maximum absolute atomic E-state index is 11.9. The van der Waals surface area contributed by atoms with Crippen molar-refractivity contribution in [1.29, 1.82) is 0 Å². The molecule has 1 rings (SSSR count). The Labute approximate surface area is 118 Å². The monoisotopic (exact) mass is 279 g/mol. The van der Waals surface area contributed by atoms with E-state index in [0.29, 0.717) is 17.1 Å². The number of benzene rings is 1. The van der Waals surface area contributed by atoms with E-state index in [-0.39, 0.29) is 23.8 Å². The van der Waals surface area contributed by atoms with Gasteiger partial charge in [0.2, 0.25) is 11.8 Å². The molecule has 0 fully saturated rings. The first-order valence-corrected chi connectivity index (χ1v) is 6.37. The molecule has 110 valence electrons. The number of amides is 2. The molecule has 0 saturated heterocycles. The predicted molar refractivity (Wildman–Crippen MR) is 78.7 cm³/mol. The lowest BCUT2D eigenvalue weighted by atomic mass is 10.0. The number of nitrogens with two attached hydrogens (primary N) is 1. The zero-order chi connectivity index (χ0) is 15.3. The second-order valence-corrected chi connectivity index (χ2v) is 4.73. The minimum atomic E-state index is -0.304. The molecule has 1 aromatic rings. The zero-order valence-corrected chi connectivity index (χ0v) is 12.2. The summed E-state index contributed by atoms with van der Waals surface area (Å²) >= 11 is 0. The molecule has 4 N–H and O–H groups in total. The van der Waals surface area contributed by atoms with E-state index in [1.54, 1.807) is 32.0 Å². The molecule has 2 unspecified atom stereocenters. The van der Waals surface area contributed by atoms with E-state index in [4.69, 9.17) is 10.5 Å². The second-order valence-electron chi connectivity index (χ2n) is 4.73. The topological polar surface area (TPSA) is 93.4 Å². The van der Waals surface area contributed by atoms with Gasteiger partial charge in [-0.2, -0.15) is 0 Å². The summed E-state index contributed by atoms with van der Waals surface area (Å²) in [6.45, 7) is 4.95. The number of hydrogen-bond donors (Lipinski definition) is 3. The van der Waals surface area contributed by atoms with E-state index in [1.807, 2.05) is 0 Å². The molecule has 0 bridgehead atoms. The third-order valence-corrected chi connectivity index (χ3v) is 2.98. The number of rotatable bonds is 5. The third kappa shape index (κ3) is 4.24.